The fourth-order valence-corrected chi connectivity index (χ4v) is 12.2. The third-order valence-electron chi connectivity index (χ3n) is 15.3. The quantitative estimate of drug-likeness (QED) is 0.166. The molecule has 2 aromatic heterocycles. The van der Waals surface area contributed by atoms with Crippen LogP contribution < -0.4 is 0 Å². The molecule has 71 heavy (non-hydrogen) atoms. The molecular formula is C68H42N2O. The zero-order valence-electron chi connectivity index (χ0n) is 38.6. The van der Waals surface area contributed by atoms with Crippen molar-refractivity contribution in [1.29, 1.82) is 0 Å². The van der Waals surface area contributed by atoms with E-state index in [1.165, 1.54) is 105 Å². The molecule has 0 N–H and O–H groups in total. The van der Waals surface area contributed by atoms with Gasteiger partial charge < -0.3 is 8.98 Å². The van der Waals surface area contributed by atoms with Crippen molar-refractivity contribution in [3.05, 3.63) is 277 Å². The molecule has 11 aromatic carbocycles. The highest BCUT2D eigenvalue weighted by Crippen LogP contribution is 2.63. The van der Waals surface area contributed by atoms with Crippen LogP contribution in [-0.4, -0.2) is 9.55 Å². The van der Waals surface area contributed by atoms with Crippen molar-refractivity contribution in [3.63, 3.8) is 0 Å². The van der Waals surface area contributed by atoms with E-state index in [2.05, 4.69) is 235 Å². The minimum absolute atomic E-state index is 0.403. The molecule has 0 radical (unpaired) electrons. The molecule has 13 aromatic rings. The number of benzene rings is 11. The summed E-state index contributed by atoms with van der Waals surface area (Å²) in [6.07, 6.45) is 0. The second kappa shape index (κ2) is 15.3. The highest BCUT2D eigenvalue weighted by atomic mass is 16.3. The summed E-state index contributed by atoms with van der Waals surface area (Å²) in [5, 5.41) is 2.43. The number of para-hydroxylation sites is 3. The second-order valence-electron chi connectivity index (χ2n) is 18.9. The number of hydrogen-bond acceptors (Lipinski definition) is 2. The van der Waals surface area contributed by atoms with Gasteiger partial charge in [-0.1, -0.05) is 188 Å². The standard InChI is InChI=1S/C68H42N2O/c1-2-16-48(17-3-1)70-64-38-35-45(46-34-37-56-55-24-10-13-27-61(55)68(62(56)42-46)59-25-11-8-22-53(59)54-23-9-12-26-60(54)68)40-57(64)58-41-47(36-39-65(58)70)50-19-5-7-21-52(50)51-20-6-4-18-49(51)43-30-32-44(33-31-43)67-69-63-28-14-15-29-66(63)71-67/h1-42H. The Morgan fingerprint density at radius 3 is 1.37 bits per heavy atom. The van der Waals surface area contributed by atoms with Crippen LogP contribution >= 0.6 is 0 Å². The Bertz CT molecular complexity index is 4190. The van der Waals surface area contributed by atoms with E-state index in [0.29, 0.717) is 5.89 Å². The van der Waals surface area contributed by atoms with Gasteiger partial charge in [-0.25, -0.2) is 4.98 Å². The Balaban J connectivity index is 0.877. The van der Waals surface area contributed by atoms with Crippen LogP contribution in [0.4, 0.5) is 0 Å². The first kappa shape index (κ1) is 39.7. The van der Waals surface area contributed by atoms with Gasteiger partial charge in [0, 0.05) is 22.0 Å². The minimum atomic E-state index is -0.403. The molecule has 330 valence electrons. The van der Waals surface area contributed by atoms with Gasteiger partial charge in [-0.15, -0.1) is 0 Å². The van der Waals surface area contributed by atoms with Gasteiger partial charge >= 0.3 is 0 Å². The van der Waals surface area contributed by atoms with Crippen molar-refractivity contribution in [2.75, 3.05) is 0 Å². The zero-order valence-corrected chi connectivity index (χ0v) is 38.6. The molecule has 0 aliphatic heterocycles. The van der Waals surface area contributed by atoms with Crippen molar-refractivity contribution in [1.82, 2.24) is 9.55 Å². The van der Waals surface area contributed by atoms with Crippen molar-refractivity contribution in [2.24, 2.45) is 0 Å². The summed E-state index contributed by atoms with van der Waals surface area (Å²) in [5.74, 6) is 0.626. The normalized spacial score (nSPS) is 12.9. The molecule has 2 heterocycles. The van der Waals surface area contributed by atoms with Crippen LogP contribution in [0.1, 0.15) is 22.3 Å². The average molecular weight is 903 g/mol. The molecule has 0 unspecified atom stereocenters. The number of aromatic nitrogens is 2. The molecule has 0 atom stereocenters. The van der Waals surface area contributed by atoms with E-state index in [0.717, 1.165) is 27.9 Å². The minimum Gasteiger partial charge on any atom is -0.436 e. The third kappa shape index (κ3) is 5.81. The molecular weight excluding hydrogens is 861 g/mol. The third-order valence-corrected chi connectivity index (χ3v) is 15.3. The molecule has 15 rings (SSSR count). The van der Waals surface area contributed by atoms with Crippen LogP contribution in [0, 0.1) is 0 Å². The summed E-state index contributed by atoms with van der Waals surface area (Å²) in [5.41, 5.74) is 25.8. The maximum Gasteiger partial charge on any atom is 0.227 e. The molecule has 2 aliphatic rings. The highest BCUT2D eigenvalue weighted by Gasteiger charge is 2.51. The molecule has 0 bridgehead atoms. The summed E-state index contributed by atoms with van der Waals surface area (Å²) in [4.78, 5) is 4.75. The van der Waals surface area contributed by atoms with Crippen LogP contribution in [0.25, 0.3) is 117 Å². The summed E-state index contributed by atoms with van der Waals surface area (Å²) in [6, 6.07) is 93.3. The largest absolute Gasteiger partial charge is 0.436 e. The summed E-state index contributed by atoms with van der Waals surface area (Å²) >= 11 is 0. The number of nitrogens with zero attached hydrogens (tertiary/aromatic N) is 2. The summed E-state index contributed by atoms with van der Waals surface area (Å²) in [6.45, 7) is 0. The van der Waals surface area contributed by atoms with Crippen LogP contribution in [0.5, 0.6) is 0 Å². The van der Waals surface area contributed by atoms with Gasteiger partial charge in [-0.05, 0) is 156 Å². The van der Waals surface area contributed by atoms with Crippen molar-refractivity contribution >= 4 is 32.9 Å². The number of hydrogen-bond donors (Lipinski definition) is 0. The maximum absolute atomic E-state index is 6.12. The SMILES string of the molecule is c1ccc(-n2c3ccc(-c4ccc5c(c4)C4(c6ccccc6-c6ccccc64)c4ccccc4-5)cc3c3cc(-c4ccccc4-c4ccccc4-c4ccc(-c5nc6ccccc6o5)cc4)ccc32)cc1. The first-order valence-electron chi connectivity index (χ1n) is 24.4. The monoisotopic (exact) mass is 902 g/mol. The highest BCUT2D eigenvalue weighted by molar-refractivity contribution is 6.12. The van der Waals surface area contributed by atoms with Crippen molar-refractivity contribution in [2.45, 2.75) is 5.41 Å². The average Bonchev–Trinajstić information content (AvgIpc) is 4.19. The van der Waals surface area contributed by atoms with E-state index in [1.807, 2.05) is 24.3 Å². The van der Waals surface area contributed by atoms with E-state index < -0.39 is 5.41 Å². The van der Waals surface area contributed by atoms with E-state index in [4.69, 9.17) is 9.40 Å². The smallest absolute Gasteiger partial charge is 0.227 e. The topological polar surface area (TPSA) is 31.0 Å². The van der Waals surface area contributed by atoms with E-state index in [9.17, 15) is 0 Å². The Morgan fingerprint density at radius 1 is 0.310 bits per heavy atom. The van der Waals surface area contributed by atoms with Gasteiger partial charge in [0.05, 0.1) is 16.4 Å². The van der Waals surface area contributed by atoms with E-state index >= 15 is 0 Å². The fourth-order valence-electron chi connectivity index (χ4n) is 12.2. The molecule has 3 nitrogen and oxygen atoms in total. The predicted octanol–water partition coefficient (Wildman–Crippen LogP) is 17.6. The van der Waals surface area contributed by atoms with Gasteiger partial charge in [0.1, 0.15) is 5.52 Å². The second-order valence-corrected chi connectivity index (χ2v) is 18.9. The van der Waals surface area contributed by atoms with Crippen LogP contribution in [0.3, 0.4) is 0 Å². The molecule has 0 amide bonds. The first-order chi connectivity index (χ1) is 35.2. The Hall–Kier alpha value is -9.31. The van der Waals surface area contributed by atoms with Crippen LogP contribution in [0.2, 0.25) is 0 Å². The molecule has 2 aliphatic carbocycles. The fraction of sp³-hybridized carbons (Fsp3) is 0.0147. The number of fused-ring (bicyclic) bond motifs is 14. The molecule has 0 saturated heterocycles. The van der Waals surface area contributed by atoms with Crippen LogP contribution in [-0.2, 0) is 5.41 Å². The van der Waals surface area contributed by atoms with Crippen LogP contribution in [0.15, 0.2) is 259 Å². The van der Waals surface area contributed by atoms with E-state index in [-0.39, 0.29) is 0 Å². The molecule has 0 saturated carbocycles. The maximum atomic E-state index is 6.12. The predicted molar refractivity (Wildman–Crippen MR) is 292 cm³/mol. The molecule has 3 heteroatoms. The van der Waals surface area contributed by atoms with Gasteiger partial charge in [-0.3, -0.25) is 0 Å². The molecule has 1 spiro atoms. The van der Waals surface area contributed by atoms with Gasteiger partial charge in [0.2, 0.25) is 5.89 Å². The van der Waals surface area contributed by atoms with Crippen molar-refractivity contribution < 1.29 is 4.42 Å². The zero-order chi connectivity index (χ0) is 46.6. The van der Waals surface area contributed by atoms with Gasteiger partial charge in [-0.2, -0.15) is 0 Å². The lowest BCUT2D eigenvalue weighted by Gasteiger charge is -2.30. The Morgan fingerprint density at radius 2 is 0.746 bits per heavy atom. The lowest BCUT2D eigenvalue weighted by molar-refractivity contribution is 0.620. The lowest BCUT2D eigenvalue weighted by Crippen LogP contribution is -2.25. The summed E-state index contributed by atoms with van der Waals surface area (Å²) < 4.78 is 8.55. The van der Waals surface area contributed by atoms with Gasteiger partial charge in [0.25, 0.3) is 0 Å². The summed E-state index contributed by atoms with van der Waals surface area (Å²) in [7, 11) is 0. The van der Waals surface area contributed by atoms with Crippen molar-refractivity contribution in [3.8, 4) is 83.9 Å². The Labute approximate surface area is 411 Å². The number of rotatable bonds is 6. The first-order valence-corrected chi connectivity index (χ1v) is 24.4. The van der Waals surface area contributed by atoms with Gasteiger partial charge in [0.15, 0.2) is 5.58 Å². The number of oxazole rings is 1. The Kier molecular flexibility index (Phi) is 8.57. The molecule has 0 fully saturated rings. The van der Waals surface area contributed by atoms with E-state index in [1.54, 1.807) is 0 Å². The lowest BCUT2D eigenvalue weighted by atomic mass is 9.70.